The van der Waals surface area contributed by atoms with Gasteiger partial charge in [-0.3, -0.25) is 0 Å². The Bertz CT molecular complexity index is 2750. The summed E-state index contributed by atoms with van der Waals surface area (Å²) in [6.07, 6.45) is 10.7. The first kappa shape index (κ1) is 56.4. The van der Waals surface area contributed by atoms with Crippen molar-refractivity contribution in [3.05, 3.63) is 275 Å². The molecule has 394 valence electrons. The number of benzene rings is 8. The van der Waals surface area contributed by atoms with E-state index in [0.29, 0.717) is 11.8 Å². The van der Waals surface area contributed by atoms with E-state index in [1.165, 1.54) is 54.9 Å². The average molecular weight is 1040 g/mol. The topological polar surface area (TPSA) is 0 Å². The van der Waals surface area contributed by atoms with Crippen LogP contribution in [0.15, 0.2) is 231 Å². The first-order chi connectivity index (χ1) is 36.3. The van der Waals surface area contributed by atoms with Gasteiger partial charge in [0.1, 0.15) is 0 Å². The molecule has 0 bridgehead atoms. The molecule has 0 aliphatic carbocycles. The molecule has 0 radical (unpaired) electrons. The zero-order valence-corrected chi connectivity index (χ0v) is 50.2. The first-order valence-electron chi connectivity index (χ1n) is 28.9. The fourth-order valence-corrected chi connectivity index (χ4v) is 15.6. The Hall–Kier alpha value is -5.81. The SMILES string of the molecule is CC(CCC(C)(CC(C)(CC(CCc1ccccc1)c1ccc([Si](C)(C)C)cc1)c1ccccc1)c1ccccc1)(CC(C)(CC(CCc1ccccc1)c1ccc([Si](C)(C)C)cc1)c1ccccc1)c1ccccc1. The van der Waals surface area contributed by atoms with Crippen LogP contribution in [0.5, 0.6) is 0 Å². The molecule has 0 heterocycles. The largest absolute Gasteiger partial charge is 0.0775 e. The van der Waals surface area contributed by atoms with Crippen LogP contribution in [0, 0.1) is 0 Å². The Balaban J connectivity index is 1.18. The molecule has 0 amide bonds. The van der Waals surface area contributed by atoms with Crippen LogP contribution in [-0.4, -0.2) is 16.1 Å². The molecule has 2 heteroatoms. The van der Waals surface area contributed by atoms with Gasteiger partial charge in [-0.1, -0.05) is 308 Å². The van der Waals surface area contributed by atoms with E-state index in [4.69, 9.17) is 0 Å². The van der Waals surface area contributed by atoms with Crippen molar-refractivity contribution in [3.63, 3.8) is 0 Å². The van der Waals surface area contributed by atoms with Gasteiger partial charge in [-0.25, -0.2) is 0 Å². The molecule has 0 fully saturated rings. The maximum Gasteiger partial charge on any atom is 0.0775 e. The second kappa shape index (κ2) is 24.7. The minimum absolute atomic E-state index is 0.122. The van der Waals surface area contributed by atoms with Crippen LogP contribution in [0.25, 0.3) is 0 Å². The minimum atomic E-state index is -1.46. The highest BCUT2D eigenvalue weighted by Gasteiger charge is 2.44. The highest BCUT2D eigenvalue weighted by Crippen LogP contribution is 2.52. The van der Waals surface area contributed by atoms with Gasteiger partial charge in [0.05, 0.1) is 16.1 Å². The summed E-state index contributed by atoms with van der Waals surface area (Å²) in [5, 5.41) is 3.06. The molecule has 0 aliphatic heterocycles. The standard InChI is InChI=1S/C74H90Si2/c1-71(65-33-21-13-22-34-65,57-73(3,67-37-25-15-26-38-67)55-63(43-41-59-29-17-11-18-30-59)61-45-49-69(50-46-61)75(5,6)7)53-54-72(2,66-35-23-14-24-36-66)58-74(4,68-39-27-16-28-40-68)56-64(44-42-60-31-19-12-20-32-60)62-47-51-70(52-48-62)76(8,9)10/h11-40,45-52,63-64H,41-44,53-58H2,1-10H3. The Morgan fingerprint density at radius 3 is 0.816 bits per heavy atom. The van der Waals surface area contributed by atoms with Crippen LogP contribution in [0.2, 0.25) is 39.3 Å². The van der Waals surface area contributed by atoms with E-state index in [0.717, 1.165) is 64.2 Å². The minimum Gasteiger partial charge on any atom is -0.0656 e. The smallest absolute Gasteiger partial charge is 0.0656 e. The summed E-state index contributed by atoms with van der Waals surface area (Å²) in [7, 11) is -2.92. The molecule has 0 aliphatic rings. The van der Waals surface area contributed by atoms with E-state index in [1.807, 2.05) is 0 Å². The first-order valence-corrected chi connectivity index (χ1v) is 35.9. The molecule has 0 nitrogen and oxygen atoms in total. The monoisotopic (exact) mass is 1030 g/mol. The van der Waals surface area contributed by atoms with Gasteiger partial charge in [-0.15, -0.1) is 0 Å². The van der Waals surface area contributed by atoms with Gasteiger partial charge in [0.25, 0.3) is 0 Å². The molecule has 6 unspecified atom stereocenters. The predicted molar refractivity (Wildman–Crippen MR) is 337 cm³/mol. The van der Waals surface area contributed by atoms with E-state index in [1.54, 1.807) is 0 Å². The van der Waals surface area contributed by atoms with E-state index in [2.05, 4.69) is 297 Å². The van der Waals surface area contributed by atoms with Gasteiger partial charge in [-0.05, 0) is 142 Å². The van der Waals surface area contributed by atoms with E-state index < -0.39 is 16.1 Å². The summed E-state index contributed by atoms with van der Waals surface area (Å²) < 4.78 is 0. The number of hydrogen-bond donors (Lipinski definition) is 0. The highest BCUT2D eigenvalue weighted by molar-refractivity contribution is 6.89. The summed E-state index contributed by atoms with van der Waals surface area (Å²) in [5.74, 6) is 0.785. The highest BCUT2D eigenvalue weighted by atomic mass is 28.3. The van der Waals surface area contributed by atoms with Crippen molar-refractivity contribution in [2.75, 3.05) is 0 Å². The molecule has 8 rings (SSSR count). The predicted octanol–water partition coefficient (Wildman–Crippen LogP) is 19.1. The molecule has 6 atom stereocenters. The van der Waals surface area contributed by atoms with E-state index in [9.17, 15) is 0 Å². The molecule has 0 saturated heterocycles. The second-order valence-electron chi connectivity index (χ2n) is 26.2. The molecule has 0 saturated carbocycles. The summed E-state index contributed by atoms with van der Waals surface area (Å²) >= 11 is 0. The molecule has 0 N–H and O–H groups in total. The summed E-state index contributed by atoms with van der Waals surface area (Å²) in [5.41, 5.74) is 11.1. The van der Waals surface area contributed by atoms with Crippen molar-refractivity contribution in [3.8, 4) is 0 Å². The summed E-state index contributed by atoms with van der Waals surface area (Å²) in [4.78, 5) is 0. The fourth-order valence-electron chi connectivity index (χ4n) is 13.2. The molecule has 8 aromatic carbocycles. The Kier molecular flexibility index (Phi) is 18.3. The lowest BCUT2D eigenvalue weighted by atomic mass is 9.58. The summed E-state index contributed by atoms with van der Waals surface area (Å²) in [6, 6.07) is 88.7. The van der Waals surface area contributed by atoms with E-state index in [-0.39, 0.29) is 21.7 Å². The van der Waals surface area contributed by atoms with Crippen molar-refractivity contribution in [2.24, 2.45) is 0 Å². The lowest BCUT2D eigenvalue weighted by molar-refractivity contribution is 0.212. The van der Waals surface area contributed by atoms with Crippen LogP contribution in [0.1, 0.15) is 135 Å². The third-order valence-corrected chi connectivity index (χ3v) is 21.9. The maximum atomic E-state index is 2.62. The molecular weight excluding hydrogens is 945 g/mol. The Morgan fingerprint density at radius 2 is 0.553 bits per heavy atom. The number of hydrogen-bond acceptors (Lipinski definition) is 0. The van der Waals surface area contributed by atoms with Crippen LogP contribution >= 0.6 is 0 Å². The Labute approximate surface area is 463 Å². The lowest BCUT2D eigenvalue weighted by Gasteiger charge is -2.46. The zero-order valence-electron chi connectivity index (χ0n) is 48.2. The summed E-state index contributed by atoms with van der Waals surface area (Å²) in [6.45, 7) is 25.3. The van der Waals surface area contributed by atoms with Crippen molar-refractivity contribution >= 4 is 26.5 Å². The van der Waals surface area contributed by atoms with Crippen LogP contribution in [0.3, 0.4) is 0 Å². The third kappa shape index (κ3) is 14.6. The molecule has 76 heavy (non-hydrogen) atoms. The van der Waals surface area contributed by atoms with Gasteiger partial charge < -0.3 is 0 Å². The van der Waals surface area contributed by atoms with Gasteiger partial charge in [0.2, 0.25) is 0 Å². The normalized spacial score (nSPS) is 16.1. The van der Waals surface area contributed by atoms with Crippen molar-refractivity contribution in [2.45, 2.75) is 165 Å². The van der Waals surface area contributed by atoms with Gasteiger partial charge >= 0.3 is 0 Å². The van der Waals surface area contributed by atoms with Crippen LogP contribution < -0.4 is 10.4 Å². The van der Waals surface area contributed by atoms with Crippen LogP contribution in [0.4, 0.5) is 0 Å². The zero-order chi connectivity index (χ0) is 53.9. The van der Waals surface area contributed by atoms with Crippen molar-refractivity contribution in [1.82, 2.24) is 0 Å². The van der Waals surface area contributed by atoms with Gasteiger partial charge in [0, 0.05) is 0 Å². The lowest BCUT2D eigenvalue weighted by Crippen LogP contribution is -2.39. The van der Waals surface area contributed by atoms with Crippen LogP contribution in [-0.2, 0) is 34.5 Å². The maximum absolute atomic E-state index is 2.62. The third-order valence-electron chi connectivity index (χ3n) is 17.8. The Morgan fingerprint density at radius 1 is 0.303 bits per heavy atom. The molecule has 8 aromatic rings. The van der Waals surface area contributed by atoms with Crippen molar-refractivity contribution < 1.29 is 0 Å². The molecule has 0 aromatic heterocycles. The number of rotatable bonds is 25. The van der Waals surface area contributed by atoms with E-state index >= 15 is 0 Å². The van der Waals surface area contributed by atoms with Gasteiger partial charge in [-0.2, -0.15) is 0 Å². The van der Waals surface area contributed by atoms with Gasteiger partial charge in [0.15, 0.2) is 0 Å². The fraction of sp³-hybridized carbons (Fsp3) is 0.351. The average Bonchev–Trinajstić information content (AvgIpc) is 3.44. The second-order valence-corrected chi connectivity index (χ2v) is 36.3. The quantitative estimate of drug-likeness (QED) is 0.0501. The number of aryl methyl sites for hydroxylation is 2. The molecular formula is C74H90Si2. The van der Waals surface area contributed by atoms with Crippen molar-refractivity contribution in [1.29, 1.82) is 0 Å². The molecule has 0 spiro atoms.